The molecular formula is C64H50N2. The quantitative estimate of drug-likeness (QED) is 0.138. The molecule has 0 atom stereocenters. The minimum atomic E-state index is -0.223. The maximum absolute atomic E-state index is 2.56. The van der Waals surface area contributed by atoms with Crippen molar-refractivity contribution in [3.8, 4) is 50.3 Å². The molecule has 9 aromatic carbocycles. The van der Waals surface area contributed by atoms with Crippen LogP contribution in [0.2, 0.25) is 0 Å². The fourth-order valence-electron chi connectivity index (χ4n) is 11.0. The van der Waals surface area contributed by atoms with Crippen molar-refractivity contribution in [3.63, 3.8) is 0 Å². The molecule has 0 bridgehead atoms. The number of hydrogen-bond acceptors (Lipinski definition) is 1. The molecule has 0 spiro atoms. The zero-order valence-electron chi connectivity index (χ0n) is 37.8. The van der Waals surface area contributed by atoms with Gasteiger partial charge < -0.3 is 9.47 Å². The molecule has 0 N–H and O–H groups in total. The first-order valence-corrected chi connectivity index (χ1v) is 23.2. The third-order valence-corrected chi connectivity index (χ3v) is 14.4. The molecule has 12 rings (SSSR count). The Morgan fingerprint density at radius 2 is 0.864 bits per heavy atom. The topological polar surface area (TPSA) is 8.17 Å². The van der Waals surface area contributed by atoms with Crippen molar-refractivity contribution in [2.45, 2.75) is 38.5 Å². The second-order valence-corrected chi connectivity index (χ2v) is 19.0. The molecule has 2 nitrogen and oxygen atoms in total. The molecule has 0 saturated heterocycles. The molecule has 2 aliphatic carbocycles. The van der Waals surface area contributed by atoms with Gasteiger partial charge in [-0.05, 0) is 127 Å². The van der Waals surface area contributed by atoms with Gasteiger partial charge in [-0.15, -0.1) is 0 Å². The Hall–Kier alpha value is -7.94. The first-order valence-electron chi connectivity index (χ1n) is 23.2. The van der Waals surface area contributed by atoms with Crippen molar-refractivity contribution in [2.75, 3.05) is 4.90 Å². The van der Waals surface area contributed by atoms with E-state index in [-0.39, 0.29) is 10.8 Å². The average molecular weight is 847 g/mol. The molecule has 0 aliphatic heterocycles. The minimum Gasteiger partial charge on any atom is -0.311 e. The van der Waals surface area contributed by atoms with E-state index in [1.165, 1.54) is 89.0 Å². The Morgan fingerprint density at radius 3 is 1.55 bits per heavy atom. The molecule has 0 saturated carbocycles. The molecule has 0 unspecified atom stereocenters. The van der Waals surface area contributed by atoms with Gasteiger partial charge in [-0.3, -0.25) is 0 Å². The molecule has 66 heavy (non-hydrogen) atoms. The number of anilines is 3. The predicted octanol–water partition coefficient (Wildman–Crippen LogP) is 17.2. The van der Waals surface area contributed by atoms with Crippen LogP contribution in [0.15, 0.2) is 218 Å². The van der Waals surface area contributed by atoms with Crippen molar-refractivity contribution in [2.24, 2.45) is 0 Å². The SMILES string of the molecule is CC1(C)c2ccccc2-c2ccc(-n3c(-c4ccccc4)c(-c4ccccc4)c4cc5c(cc43)C(C)(C)c3cc(C=Cc4ccc(N(c6ccccc6)c6ccccc6)cc4)ccc3-5)cc21. The molecule has 316 valence electrons. The average Bonchev–Trinajstić information content (AvgIpc) is 3.90. The molecule has 2 heteroatoms. The molecule has 0 radical (unpaired) electrons. The van der Waals surface area contributed by atoms with E-state index < -0.39 is 0 Å². The van der Waals surface area contributed by atoms with E-state index in [0.29, 0.717) is 0 Å². The van der Waals surface area contributed by atoms with E-state index in [4.69, 9.17) is 0 Å². The van der Waals surface area contributed by atoms with Crippen LogP contribution in [-0.4, -0.2) is 4.57 Å². The number of hydrogen-bond donors (Lipinski definition) is 0. The highest BCUT2D eigenvalue weighted by Gasteiger charge is 2.38. The van der Waals surface area contributed by atoms with Crippen LogP contribution in [0.1, 0.15) is 61.1 Å². The van der Waals surface area contributed by atoms with Gasteiger partial charge in [0.2, 0.25) is 0 Å². The minimum absolute atomic E-state index is 0.119. The molecule has 1 aromatic heterocycles. The van der Waals surface area contributed by atoms with Gasteiger partial charge >= 0.3 is 0 Å². The molecule has 2 aliphatic rings. The summed E-state index contributed by atoms with van der Waals surface area (Å²) in [6, 6.07) is 80.2. The van der Waals surface area contributed by atoms with E-state index in [0.717, 1.165) is 22.6 Å². The zero-order chi connectivity index (χ0) is 44.6. The first-order chi connectivity index (χ1) is 32.3. The van der Waals surface area contributed by atoms with Crippen molar-refractivity contribution in [3.05, 3.63) is 252 Å². The van der Waals surface area contributed by atoms with Gasteiger partial charge in [-0.25, -0.2) is 0 Å². The summed E-state index contributed by atoms with van der Waals surface area (Å²) in [5.41, 5.74) is 23.5. The second kappa shape index (κ2) is 15.4. The zero-order valence-corrected chi connectivity index (χ0v) is 37.8. The maximum atomic E-state index is 2.56. The summed E-state index contributed by atoms with van der Waals surface area (Å²) in [6.07, 6.45) is 4.50. The Kier molecular flexibility index (Phi) is 9.22. The third-order valence-electron chi connectivity index (χ3n) is 14.4. The lowest BCUT2D eigenvalue weighted by Crippen LogP contribution is -2.16. The lowest BCUT2D eigenvalue weighted by molar-refractivity contribution is 0.659. The molecule has 1 heterocycles. The highest BCUT2D eigenvalue weighted by atomic mass is 15.1. The molecule has 10 aromatic rings. The fourth-order valence-corrected chi connectivity index (χ4v) is 11.0. The summed E-state index contributed by atoms with van der Waals surface area (Å²) in [4.78, 5) is 2.30. The number of fused-ring (bicyclic) bond motifs is 7. The summed E-state index contributed by atoms with van der Waals surface area (Å²) < 4.78 is 2.56. The van der Waals surface area contributed by atoms with Crippen LogP contribution in [0.4, 0.5) is 17.1 Å². The summed E-state index contributed by atoms with van der Waals surface area (Å²) in [5.74, 6) is 0. The van der Waals surface area contributed by atoms with Crippen LogP contribution in [0.5, 0.6) is 0 Å². The largest absolute Gasteiger partial charge is 0.311 e. The Labute approximate surface area is 388 Å². The molecule has 0 fully saturated rings. The Balaban J connectivity index is 0.968. The van der Waals surface area contributed by atoms with Crippen LogP contribution >= 0.6 is 0 Å². The van der Waals surface area contributed by atoms with E-state index in [1.54, 1.807) is 0 Å². The summed E-state index contributed by atoms with van der Waals surface area (Å²) in [7, 11) is 0. The van der Waals surface area contributed by atoms with E-state index in [9.17, 15) is 0 Å². The molecule has 0 amide bonds. The standard InChI is InChI=1S/C64H50N2/c1-63(2)56-28-18-17-27-51(56)52-38-36-50(40-58(52)63)66-60-42-59-54(41-55(60)61(45-19-9-5-10-20-45)62(66)46-21-11-6-12-22-46)53-37-33-44(39-57(53)64(59,3)4)30-29-43-31-34-49(35-32-43)65(47-23-13-7-14-24-47)48-25-15-8-16-26-48/h5-42H,1-4H3. The monoisotopic (exact) mass is 846 g/mol. The Morgan fingerprint density at radius 1 is 0.379 bits per heavy atom. The number of nitrogens with zero attached hydrogens (tertiary/aromatic N) is 2. The first kappa shape index (κ1) is 39.6. The van der Waals surface area contributed by atoms with Gasteiger partial charge in [0.05, 0.1) is 11.2 Å². The summed E-state index contributed by atoms with van der Waals surface area (Å²) in [6.45, 7) is 9.56. The van der Waals surface area contributed by atoms with Gasteiger partial charge in [-0.1, -0.05) is 198 Å². The van der Waals surface area contributed by atoms with Gasteiger partial charge in [0.15, 0.2) is 0 Å². The number of benzene rings is 9. The van der Waals surface area contributed by atoms with E-state index in [1.807, 2.05) is 0 Å². The second-order valence-electron chi connectivity index (χ2n) is 19.0. The van der Waals surface area contributed by atoms with Gasteiger partial charge in [0.1, 0.15) is 0 Å². The fraction of sp³-hybridized carbons (Fsp3) is 0.0938. The summed E-state index contributed by atoms with van der Waals surface area (Å²) in [5, 5.41) is 1.26. The van der Waals surface area contributed by atoms with Gasteiger partial charge in [-0.2, -0.15) is 0 Å². The van der Waals surface area contributed by atoms with Crippen molar-refractivity contribution in [1.29, 1.82) is 0 Å². The highest BCUT2D eigenvalue weighted by Crippen LogP contribution is 2.54. The third kappa shape index (κ3) is 6.31. The smallest absolute Gasteiger partial charge is 0.0619 e. The van der Waals surface area contributed by atoms with Crippen LogP contribution in [0.3, 0.4) is 0 Å². The number of rotatable bonds is 8. The van der Waals surface area contributed by atoms with Crippen LogP contribution < -0.4 is 4.90 Å². The Bertz CT molecular complexity index is 3440. The van der Waals surface area contributed by atoms with E-state index >= 15 is 0 Å². The maximum Gasteiger partial charge on any atom is 0.0619 e. The van der Waals surface area contributed by atoms with Crippen LogP contribution in [0.25, 0.3) is 73.4 Å². The van der Waals surface area contributed by atoms with E-state index in [2.05, 4.69) is 268 Å². The lowest BCUT2D eigenvalue weighted by atomic mass is 9.81. The van der Waals surface area contributed by atoms with Crippen molar-refractivity contribution >= 4 is 40.1 Å². The number of para-hydroxylation sites is 2. The summed E-state index contributed by atoms with van der Waals surface area (Å²) >= 11 is 0. The predicted molar refractivity (Wildman–Crippen MR) is 279 cm³/mol. The highest BCUT2D eigenvalue weighted by molar-refractivity contribution is 6.09. The van der Waals surface area contributed by atoms with Crippen molar-refractivity contribution in [1.82, 2.24) is 4.57 Å². The van der Waals surface area contributed by atoms with Crippen molar-refractivity contribution < 1.29 is 0 Å². The van der Waals surface area contributed by atoms with Gasteiger partial charge in [0, 0.05) is 44.5 Å². The van der Waals surface area contributed by atoms with Gasteiger partial charge in [0.25, 0.3) is 0 Å². The van der Waals surface area contributed by atoms with Crippen LogP contribution in [-0.2, 0) is 10.8 Å². The lowest BCUT2D eigenvalue weighted by Gasteiger charge is -2.25. The normalized spacial score (nSPS) is 13.9. The van der Waals surface area contributed by atoms with Crippen LogP contribution in [0, 0.1) is 0 Å². The number of aromatic nitrogens is 1. The molecular weight excluding hydrogens is 797 g/mol.